The van der Waals surface area contributed by atoms with Crippen molar-refractivity contribution in [1.29, 1.82) is 0 Å². The average Bonchev–Trinajstić information content (AvgIpc) is 3.30. The van der Waals surface area contributed by atoms with Crippen LogP contribution in [0.3, 0.4) is 0 Å². The third-order valence-electron chi connectivity index (χ3n) is 6.50. The molecule has 1 saturated carbocycles. The maximum Gasteiger partial charge on any atom is 0.222 e. The van der Waals surface area contributed by atoms with Crippen molar-refractivity contribution in [3.8, 4) is 5.75 Å². The van der Waals surface area contributed by atoms with Gasteiger partial charge in [0.25, 0.3) is 0 Å². The van der Waals surface area contributed by atoms with Gasteiger partial charge >= 0.3 is 0 Å². The summed E-state index contributed by atoms with van der Waals surface area (Å²) in [7, 11) is 1.93. The molecular formula is C27H33FN4O3. The molecule has 186 valence electrons. The van der Waals surface area contributed by atoms with Crippen molar-refractivity contribution in [3.05, 3.63) is 83.4 Å². The second-order valence-corrected chi connectivity index (χ2v) is 9.31. The molecule has 4 atom stereocenters. The Balaban J connectivity index is 1.46. The Morgan fingerprint density at radius 1 is 1.20 bits per heavy atom. The Labute approximate surface area is 205 Å². The number of hydrogen-bond acceptors (Lipinski definition) is 5. The first-order chi connectivity index (χ1) is 16.8. The van der Waals surface area contributed by atoms with Crippen molar-refractivity contribution >= 4 is 5.91 Å². The van der Waals surface area contributed by atoms with Crippen molar-refractivity contribution in [3.63, 3.8) is 0 Å². The summed E-state index contributed by atoms with van der Waals surface area (Å²) in [6.07, 6.45) is -0.763. The van der Waals surface area contributed by atoms with E-state index in [-0.39, 0.29) is 24.4 Å². The maximum absolute atomic E-state index is 13.7. The summed E-state index contributed by atoms with van der Waals surface area (Å²) in [6, 6.07) is 17.1. The molecule has 35 heavy (non-hydrogen) atoms. The number of amides is 1. The van der Waals surface area contributed by atoms with Crippen LogP contribution in [-0.2, 0) is 17.9 Å². The highest BCUT2D eigenvalue weighted by Gasteiger charge is 2.46. The first kappa shape index (κ1) is 24.9. The number of hydrogen-bond donors (Lipinski definition) is 2. The first-order valence-corrected chi connectivity index (χ1v) is 11.9. The molecule has 1 aromatic heterocycles. The summed E-state index contributed by atoms with van der Waals surface area (Å²) >= 11 is 0. The van der Waals surface area contributed by atoms with Gasteiger partial charge < -0.3 is 15.2 Å². The van der Waals surface area contributed by atoms with E-state index in [1.54, 1.807) is 12.1 Å². The molecule has 4 rings (SSSR count). The number of carbonyl (C=O) groups excluding carboxylic acids is 1. The van der Waals surface area contributed by atoms with Crippen LogP contribution in [0.4, 0.5) is 4.39 Å². The van der Waals surface area contributed by atoms with E-state index < -0.39 is 18.0 Å². The van der Waals surface area contributed by atoms with Crippen LogP contribution in [0.1, 0.15) is 29.8 Å². The number of aryl methyl sites for hydroxylation is 3. The third-order valence-corrected chi connectivity index (χ3v) is 6.50. The Hall–Kier alpha value is -3.23. The minimum absolute atomic E-state index is 0.112. The summed E-state index contributed by atoms with van der Waals surface area (Å²) < 4.78 is 21.5. The number of nitrogens with zero attached hydrogens (tertiary/aromatic N) is 3. The molecule has 0 saturated heterocycles. The number of aliphatic hydroxyl groups is 1. The van der Waals surface area contributed by atoms with Gasteiger partial charge in [-0.05, 0) is 44.7 Å². The van der Waals surface area contributed by atoms with Crippen LogP contribution in [0.15, 0.2) is 60.7 Å². The van der Waals surface area contributed by atoms with E-state index in [0.29, 0.717) is 25.3 Å². The van der Waals surface area contributed by atoms with Crippen LogP contribution in [0.2, 0.25) is 0 Å². The molecule has 1 aliphatic rings. The second-order valence-electron chi connectivity index (χ2n) is 9.31. The highest BCUT2D eigenvalue weighted by atomic mass is 19.1. The van der Waals surface area contributed by atoms with Crippen molar-refractivity contribution in [2.24, 2.45) is 0 Å². The lowest BCUT2D eigenvalue weighted by atomic mass is 10.1. The molecule has 0 bridgehead atoms. The number of aromatic nitrogens is 2. The Kier molecular flexibility index (Phi) is 7.83. The number of benzene rings is 2. The monoisotopic (exact) mass is 480 g/mol. The van der Waals surface area contributed by atoms with E-state index in [9.17, 15) is 14.3 Å². The second kappa shape index (κ2) is 11.0. The molecule has 2 aromatic carbocycles. The van der Waals surface area contributed by atoms with Crippen molar-refractivity contribution in [2.75, 3.05) is 7.05 Å². The zero-order chi connectivity index (χ0) is 24.9. The minimum Gasteiger partial charge on any atom is -0.487 e. The van der Waals surface area contributed by atoms with E-state index in [1.807, 2.05) is 66.9 Å². The quantitative estimate of drug-likeness (QED) is 0.492. The predicted octanol–water partition coefficient (Wildman–Crippen LogP) is 3.23. The Bertz CT molecular complexity index is 1140. The summed E-state index contributed by atoms with van der Waals surface area (Å²) in [5.74, 6) is -0.156. The fraction of sp³-hybridized carbons (Fsp3) is 0.407. The van der Waals surface area contributed by atoms with Gasteiger partial charge in [-0.15, -0.1) is 0 Å². The molecule has 1 heterocycles. The highest BCUT2D eigenvalue weighted by Crippen LogP contribution is 2.30. The van der Waals surface area contributed by atoms with Gasteiger partial charge in [0.1, 0.15) is 23.8 Å². The van der Waals surface area contributed by atoms with Crippen LogP contribution in [0.25, 0.3) is 0 Å². The Morgan fingerprint density at radius 2 is 1.97 bits per heavy atom. The topological polar surface area (TPSA) is 79.6 Å². The van der Waals surface area contributed by atoms with Crippen LogP contribution in [0.5, 0.6) is 5.75 Å². The standard InChI is InChI=1S/C27H33FN4O3/c1-18-14-19(2)32(30-18)13-12-25(33)29-23-16-24(35-22-11-7-10-21(28)15-22)27(34)26(23)31(3)17-20-8-5-4-6-9-20/h4-11,14-15,23-24,26-27,34H,12-13,16-17H2,1-3H3,(H,29,33)/t23-,24-,26+,27+/m1/s1. The molecule has 8 heteroatoms. The molecule has 1 aliphatic carbocycles. The molecule has 1 fully saturated rings. The summed E-state index contributed by atoms with van der Waals surface area (Å²) in [5, 5.41) is 18.8. The van der Waals surface area contributed by atoms with Crippen molar-refractivity contribution in [2.45, 2.75) is 64.1 Å². The summed E-state index contributed by atoms with van der Waals surface area (Å²) in [6.45, 7) is 4.98. The van der Waals surface area contributed by atoms with Crippen LogP contribution >= 0.6 is 0 Å². The maximum atomic E-state index is 13.7. The molecular weight excluding hydrogens is 447 g/mol. The van der Waals surface area contributed by atoms with Crippen LogP contribution in [0, 0.1) is 19.7 Å². The third kappa shape index (κ3) is 6.26. The van der Waals surface area contributed by atoms with Gasteiger partial charge in [-0.2, -0.15) is 5.10 Å². The molecule has 0 aliphatic heterocycles. The first-order valence-electron chi connectivity index (χ1n) is 11.9. The zero-order valence-electron chi connectivity index (χ0n) is 20.4. The van der Waals surface area contributed by atoms with Gasteiger partial charge in [-0.3, -0.25) is 14.4 Å². The zero-order valence-corrected chi connectivity index (χ0v) is 20.4. The van der Waals surface area contributed by atoms with Crippen molar-refractivity contribution in [1.82, 2.24) is 20.0 Å². The number of rotatable bonds is 9. The average molecular weight is 481 g/mol. The number of aliphatic hydroxyl groups excluding tert-OH is 1. The lowest BCUT2D eigenvalue weighted by Crippen LogP contribution is -2.52. The number of likely N-dealkylation sites (N-methyl/N-ethyl adjacent to an activating group) is 1. The van der Waals surface area contributed by atoms with E-state index in [4.69, 9.17) is 4.74 Å². The largest absolute Gasteiger partial charge is 0.487 e. The normalized spacial score (nSPS) is 21.9. The number of carbonyl (C=O) groups is 1. The fourth-order valence-electron chi connectivity index (χ4n) is 4.90. The summed E-state index contributed by atoms with van der Waals surface area (Å²) in [5.41, 5.74) is 3.03. The van der Waals surface area contributed by atoms with Gasteiger partial charge in [0.05, 0.1) is 17.8 Å². The number of ether oxygens (including phenoxy) is 1. The van der Waals surface area contributed by atoms with E-state index in [1.165, 1.54) is 12.1 Å². The fourth-order valence-corrected chi connectivity index (χ4v) is 4.90. The van der Waals surface area contributed by atoms with E-state index >= 15 is 0 Å². The van der Waals surface area contributed by atoms with Crippen LogP contribution < -0.4 is 10.1 Å². The lowest BCUT2D eigenvalue weighted by molar-refractivity contribution is -0.122. The highest BCUT2D eigenvalue weighted by molar-refractivity contribution is 5.76. The smallest absolute Gasteiger partial charge is 0.222 e. The van der Waals surface area contributed by atoms with Gasteiger partial charge in [0.15, 0.2) is 0 Å². The SMILES string of the molecule is Cc1cc(C)n(CCC(=O)N[C@@H]2C[C@@H](Oc3cccc(F)c3)[C@H](O)[C@H]2N(C)Cc2ccccc2)n1. The lowest BCUT2D eigenvalue weighted by Gasteiger charge is -2.32. The molecule has 2 N–H and O–H groups in total. The van der Waals surface area contributed by atoms with Crippen molar-refractivity contribution < 1.29 is 19.0 Å². The van der Waals surface area contributed by atoms with Gasteiger partial charge in [0, 0.05) is 37.7 Å². The van der Waals surface area contributed by atoms with Gasteiger partial charge in [0.2, 0.25) is 5.91 Å². The molecule has 0 spiro atoms. The molecule has 1 amide bonds. The van der Waals surface area contributed by atoms with E-state index in [2.05, 4.69) is 10.4 Å². The summed E-state index contributed by atoms with van der Waals surface area (Å²) in [4.78, 5) is 14.9. The number of halogens is 1. The predicted molar refractivity (Wildman–Crippen MR) is 131 cm³/mol. The number of nitrogens with one attached hydrogen (secondary N) is 1. The van der Waals surface area contributed by atoms with Gasteiger partial charge in [-0.1, -0.05) is 36.4 Å². The molecule has 0 unspecified atom stereocenters. The van der Waals surface area contributed by atoms with E-state index in [0.717, 1.165) is 17.0 Å². The van der Waals surface area contributed by atoms with Gasteiger partial charge in [-0.25, -0.2) is 4.39 Å². The molecule has 3 aromatic rings. The Morgan fingerprint density at radius 3 is 2.66 bits per heavy atom. The molecule has 0 radical (unpaired) electrons. The minimum atomic E-state index is -0.867. The molecule has 7 nitrogen and oxygen atoms in total. The van der Waals surface area contributed by atoms with Crippen LogP contribution in [-0.4, -0.2) is 57.0 Å².